The maximum atomic E-state index is 6.90. The SMILES string of the molecule is c1ccc(-c2cccc(-c3nc(-c4ccc(C56CC7CC(CC(C7)C5)C6)cc4)nc(-c4ccccc4-c4ccc5oc6ccccc6c6ccccc6c6ccccc6c5c4)n3)c2)cc1. The topological polar surface area (TPSA) is 51.8 Å². The van der Waals surface area contributed by atoms with Crippen molar-refractivity contribution in [2.24, 2.45) is 17.8 Å². The molecular formula is C61H47N3O. The Morgan fingerprint density at radius 2 is 0.831 bits per heavy atom. The molecule has 10 aromatic rings. The van der Waals surface area contributed by atoms with Crippen LogP contribution in [0.4, 0.5) is 0 Å². The van der Waals surface area contributed by atoms with Crippen molar-refractivity contribution in [3.63, 3.8) is 0 Å². The molecule has 4 heteroatoms. The minimum Gasteiger partial charge on any atom is -0.456 e. The van der Waals surface area contributed by atoms with Gasteiger partial charge in [0.25, 0.3) is 0 Å². The van der Waals surface area contributed by atoms with E-state index in [2.05, 4.69) is 188 Å². The summed E-state index contributed by atoms with van der Waals surface area (Å²) in [4.78, 5) is 16.0. The maximum absolute atomic E-state index is 6.90. The summed E-state index contributed by atoms with van der Waals surface area (Å²) in [5, 5.41) is 6.68. The number of aromatic nitrogens is 3. The molecule has 0 amide bonds. The first kappa shape index (κ1) is 38.1. The van der Waals surface area contributed by atoms with Crippen molar-refractivity contribution in [1.29, 1.82) is 0 Å². The van der Waals surface area contributed by atoms with Gasteiger partial charge in [0, 0.05) is 27.5 Å². The van der Waals surface area contributed by atoms with Crippen molar-refractivity contribution in [2.45, 2.75) is 43.9 Å². The van der Waals surface area contributed by atoms with E-state index in [9.17, 15) is 0 Å². The Bertz CT molecular complexity index is 3500. The predicted molar refractivity (Wildman–Crippen MR) is 267 cm³/mol. The predicted octanol–water partition coefficient (Wildman–Crippen LogP) is 16.0. The molecule has 0 aliphatic heterocycles. The highest BCUT2D eigenvalue weighted by atomic mass is 16.3. The number of benzene rings is 8. The number of nitrogens with zero attached hydrogens (tertiary/aromatic N) is 3. The molecule has 4 bridgehead atoms. The van der Waals surface area contributed by atoms with Crippen LogP contribution in [0, 0.1) is 17.8 Å². The van der Waals surface area contributed by atoms with Gasteiger partial charge >= 0.3 is 0 Å². The zero-order chi connectivity index (χ0) is 42.9. The van der Waals surface area contributed by atoms with E-state index in [0.29, 0.717) is 22.9 Å². The van der Waals surface area contributed by atoms with E-state index >= 15 is 0 Å². The third kappa shape index (κ3) is 6.70. The van der Waals surface area contributed by atoms with Crippen molar-refractivity contribution in [2.75, 3.05) is 0 Å². The Labute approximate surface area is 379 Å². The lowest BCUT2D eigenvalue weighted by atomic mass is 9.48. The molecule has 4 fully saturated rings. The molecule has 2 heterocycles. The van der Waals surface area contributed by atoms with Gasteiger partial charge in [-0.1, -0.05) is 170 Å². The molecule has 4 aliphatic rings. The molecule has 0 spiro atoms. The van der Waals surface area contributed by atoms with Crippen LogP contribution in [0.5, 0.6) is 0 Å². The van der Waals surface area contributed by atoms with Crippen LogP contribution in [0.15, 0.2) is 199 Å². The first-order chi connectivity index (χ1) is 32.1. The van der Waals surface area contributed by atoms with E-state index in [1.807, 2.05) is 6.07 Å². The van der Waals surface area contributed by atoms with Crippen LogP contribution >= 0.6 is 0 Å². The second-order valence-corrected chi connectivity index (χ2v) is 19.0. The summed E-state index contributed by atoms with van der Waals surface area (Å²) in [6.45, 7) is 0. The number of rotatable bonds is 6. The fourth-order valence-electron chi connectivity index (χ4n) is 12.4. The van der Waals surface area contributed by atoms with Crippen LogP contribution in [0.25, 0.3) is 99.9 Å². The van der Waals surface area contributed by atoms with Gasteiger partial charge in [-0.2, -0.15) is 0 Å². The lowest BCUT2D eigenvalue weighted by Gasteiger charge is -2.57. The summed E-state index contributed by atoms with van der Waals surface area (Å²) < 4.78 is 6.90. The fourth-order valence-corrected chi connectivity index (χ4v) is 12.4. The molecule has 0 atom stereocenters. The summed E-state index contributed by atoms with van der Waals surface area (Å²) in [5.41, 5.74) is 10.7. The summed E-state index contributed by atoms with van der Waals surface area (Å²) in [5.74, 6) is 4.65. The first-order valence-corrected chi connectivity index (χ1v) is 23.3. The van der Waals surface area contributed by atoms with Crippen LogP contribution in [0.1, 0.15) is 44.1 Å². The van der Waals surface area contributed by atoms with Gasteiger partial charge in [-0.05, 0) is 135 Å². The van der Waals surface area contributed by atoms with Gasteiger partial charge in [-0.15, -0.1) is 0 Å². The van der Waals surface area contributed by atoms with Gasteiger partial charge in [0.2, 0.25) is 0 Å². The van der Waals surface area contributed by atoms with Crippen molar-refractivity contribution >= 4 is 43.5 Å². The monoisotopic (exact) mass is 837 g/mol. The summed E-state index contributed by atoms with van der Waals surface area (Å²) in [6, 6.07) is 69.2. The fraction of sp³-hybridized carbons (Fsp3) is 0.164. The smallest absolute Gasteiger partial charge is 0.164 e. The Morgan fingerprint density at radius 1 is 0.338 bits per heavy atom. The Balaban J connectivity index is 0.987. The quantitative estimate of drug-likeness (QED) is 0.167. The Morgan fingerprint density at radius 3 is 1.52 bits per heavy atom. The summed E-state index contributed by atoms with van der Waals surface area (Å²) >= 11 is 0. The van der Waals surface area contributed by atoms with Crippen molar-refractivity contribution in [3.8, 4) is 56.4 Å². The highest BCUT2D eigenvalue weighted by Gasteiger charge is 2.51. The third-order valence-corrected chi connectivity index (χ3v) is 14.9. The standard InChI is InChI=1S/C61H47N3O/c1-2-13-42(14-3-1)44-15-12-16-46(34-44)59-62-58(43-25-28-47(29-26-43)61-36-39-31-40(37-61)33-41(32-39)38-61)63-60(64-59)54-23-9-4-17-48(54)45-27-30-57-55(35-45)52-21-8-6-19-50(52)49-18-5-7-20-51(49)53-22-10-11-24-56(53)65-57/h1-30,34-35,39-41H,31-33,36-38H2. The van der Waals surface area contributed by atoms with Gasteiger partial charge in [0.1, 0.15) is 11.2 Å². The van der Waals surface area contributed by atoms with E-state index in [-0.39, 0.29) is 0 Å². The van der Waals surface area contributed by atoms with Gasteiger partial charge < -0.3 is 4.42 Å². The van der Waals surface area contributed by atoms with Crippen molar-refractivity contribution in [1.82, 2.24) is 15.0 Å². The second kappa shape index (κ2) is 15.4. The molecule has 14 rings (SSSR count). The number of hydrogen-bond donors (Lipinski definition) is 0. The minimum atomic E-state index is 0.323. The highest BCUT2D eigenvalue weighted by molar-refractivity contribution is 6.18. The average Bonchev–Trinajstić information content (AvgIpc) is 3.41. The molecule has 4 nitrogen and oxygen atoms in total. The van der Waals surface area contributed by atoms with E-state index in [1.165, 1.54) is 49.5 Å². The molecule has 65 heavy (non-hydrogen) atoms. The van der Waals surface area contributed by atoms with Crippen molar-refractivity contribution in [3.05, 3.63) is 200 Å². The van der Waals surface area contributed by atoms with Gasteiger partial charge in [0.15, 0.2) is 17.5 Å². The largest absolute Gasteiger partial charge is 0.456 e. The minimum absolute atomic E-state index is 0.323. The van der Waals surface area contributed by atoms with Gasteiger partial charge in [-0.3, -0.25) is 0 Å². The van der Waals surface area contributed by atoms with E-state index in [4.69, 9.17) is 19.4 Å². The van der Waals surface area contributed by atoms with Crippen LogP contribution in [-0.4, -0.2) is 15.0 Å². The van der Waals surface area contributed by atoms with E-state index in [0.717, 1.165) is 94.8 Å². The Kier molecular flexibility index (Phi) is 9.01. The second-order valence-electron chi connectivity index (χ2n) is 19.0. The first-order valence-electron chi connectivity index (χ1n) is 23.3. The highest BCUT2D eigenvalue weighted by Crippen LogP contribution is 2.60. The van der Waals surface area contributed by atoms with Crippen LogP contribution in [0.3, 0.4) is 0 Å². The maximum Gasteiger partial charge on any atom is 0.164 e. The molecule has 2 aromatic heterocycles. The molecule has 4 saturated carbocycles. The van der Waals surface area contributed by atoms with Gasteiger partial charge in [0.05, 0.1) is 0 Å². The summed E-state index contributed by atoms with van der Waals surface area (Å²) in [6.07, 6.45) is 8.35. The molecule has 8 aromatic carbocycles. The average molecular weight is 838 g/mol. The lowest BCUT2D eigenvalue weighted by Crippen LogP contribution is -2.48. The number of para-hydroxylation sites is 1. The molecule has 0 N–H and O–H groups in total. The molecular weight excluding hydrogens is 791 g/mol. The number of fused-ring (bicyclic) bond motifs is 7. The zero-order valence-corrected chi connectivity index (χ0v) is 36.2. The Hall–Kier alpha value is -7.43. The van der Waals surface area contributed by atoms with Gasteiger partial charge in [-0.25, -0.2) is 15.0 Å². The van der Waals surface area contributed by atoms with E-state index < -0.39 is 0 Å². The molecule has 0 unspecified atom stereocenters. The lowest BCUT2D eigenvalue weighted by molar-refractivity contribution is -0.00518. The van der Waals surface area contributed by atoms with Crippen LogP contribution in [0.2, 0.25) is 0 Å². The van der Waals surface area contributed by atoms with Crippen LogP contribution < -0.4 is 0 Å². The molecule has 0 radical (unpaired) electrons. The zero-order valence-electron chi connectivity index (χ0n) is 36.2. The van der Waals surface area contributed by atoms with Crippen molar-refractivity contribution < 1.29 is 4.42 Å². The molecule has 0 saturated heterocycles. The summed E-state index contributed by atoms with van der Waals surface area (Å²) in [7, 11) is 0. The van der Waals surface area contributed by atoms with Crippen LogP contribution in [-0.2, 0) is 5.41 Å². The number of hydrogen-bond acceptors (Lipinski definition) is 4. The third-order valence-electron chi connectivity index (χ3n) is 14.9. The molecule has 312 valence electrons. The normalized spacial score (nSPS) is 19.8. The van der Waals surface area contributed by atoms with E-state index in [1.54, 1.807) is 0 Å². The molecule has 4 aliphatic carbocycles.